The Hall–Kier alpha value is -1.63. The molecule has 0 amide bonds. The Balaban J connectivity index is 1.87. The Morgan fingerprint density at radius 3 is 2.43 bits per heavy atom. The average Bonchev–Trinajstić information content (AvgIpc) is 2.48. The van der Waals surface area contributed by atoms with Crippen LogP contribution in [0.3, 0.4) is 0 Å². The molecule has 0 aliphatic carbocycles. The standard InChI is InChI=1S/C15H12Cl2F2N2OS/c16-10-2-1-9(13(17)7-10)8-20-15(23)21-11-3-5-12(6-4-11)22-14(18)19/h1-7,14H,8H2,(H2,20,21,23). The number of ether oxygens (including phenoxy) is 1. The lowest BCUT2D eigenvalue weighted by Gasteiger charge is -2.12. The summed E-state index contributed by atoms with van der Waals surface area (Å²) in [5, 5.41) is 7.40. The first kappa shape index (κ1) is 17.7. The maximum absolute atomic E-state index is 12.1. The second-order valence-corrected chi connectivity index (χ2v) is 5.70. The fourth-order valence-corrected chi connectivity index (χ4v) is 2.40. The molecular formula is C15H12Cl2F2N2OS. The SMILES string of the molecule is FC(F)Oc1ccc(NC(=S)NCc2ccc(Cl)cc2Cl)cc1. The summed E-state index contributed by atoms with van der Waals surface area (Å²) in [6.45, 7) is -2.42. The van der Waals surface area contributed by atoms with E-state index in [1.165, 1.54) is 12.1 Å². The van der Waals surface area contributed by atoms with E-state index in [4.69, 9.17) is 35.4 Å². The minimum atomic E-state index is -2.85. The van der Waals surface area contributed by atoms with E-state index in [9.17, 15) is 8.78 Å². The predicted molar refractivity (Wildman–Crippen MR) is 92.6 cm³/mol. The van der Waals surface area contributed by atoms with Crippen molar-refractivity contribution in [3.63, 3.8) is 0 Å². The minimum Gasteiger partial charge on any atom is -0.435 e. The van der Waals surface area contributed by atoms with Crippen molar-refractivity contribution >= 4 is 46.2 Å². The molecule has 0 radical (unpaired) electrons. The summed E-state index contributed by atoms with van der Waals surface area (Å²) in [7, 11) is 0. The molecule has 0 heterocycles. The van der Waals surface area contributed by atoms with Gasteiger partial charge in [0.05, 0.1) is 0 Å². The molecule has 8 heteroatoms. The van der Waals surface area contributed by atoms with E-state index in [0.29, 0.717) is 27.4 Å². The highest BCUT2D eigenvalue weighted by Gasteiger charge is 2.05. The van der Waals surface area contributed by atoms with Crippen LogP contribution in [0.15, 0.2) is 42.5 Å². The van der Waals surface area contributed by atoms with Crippen molar-refractivity contribution < 1.29 is 13.5 Å². The van der Waals surface area contributed by atoms with Gasteiger partial charge >= 0.3 is 6.61 Å². The molecule has 2 aromatic carbocycles. The van der Waals surface area contributed by atoms with Gasteiger partial charge in [-0.05, 0) is 54.2 Å². The number of hydrogen-bond donors (Lipinski definition) is 2. The Labute approximate surface area is 147 Å². The summed E-state index contributed by atoms with van der Waals surface area (Å²) in [6, 6.07) is 11.2. The van der Waals surface area contributed by atoms with Crippen molar-refractivity contribution in [1.29, 1.82) is 0 Å². The molecule has 0 fully saturated rings. The van der Waals surface area contributed by atoms with Gasteiger partial charge in [0.1, 0.15) is 5.75 Å². The molecule has 2 aromatic rings. The number of thiocarbonyl (C=S) groups is 1. The Kier molecular flexibility index (Phi) is 6.38. The third kappa shape index (κ3) is 5.82. The van der Waals surface area contributed by atoms with Gasteiger partial charge in [0, 0.05) is 22.3 Å². The first-order valence-corrected chi connectivity index (χ1v) is 7.64. The fraction of sp³-hybridized carbons (Fsp3) is 0.133. The van der Waals surface area contributed by atoms with Crippen LogP contribution < -0.4 is 15.4 Å². The molecule has 0 aliphatic rings. The van der Waals surface area contributed by atoms with Crippen LogP contribution in [0.2, 0.25) is 10.0 Å². The second-order valence-electron chi connectivity index (χ2n) is 4.45. The Bertz CT molecular complexity index is 684. The average molecular weight is 377 g/mol. The highest BCUT2D eigenvalue weighted by Crippen LogP contribution is 2.21. The van der Waals surface area contributed by atoms with Gasteiger partial charge in [-0.2, -0.15) is 8.78 Å². The lowest BCUT2D eigenvalue weighted by molar-refractivity contribution is -0.0498. The predicted octanol–water partition coefficient (Wildman–Crippen LogP) is 5.08. The number of rotatable bonds is 5. The molecule has 3 nitrogen and oxygen atoms in total. The zero-order chi connectivity index (χ0) is 16.8. The third-order valence-electron chi connectivity index (χ3n) is 2.79. The molecule has 0 spiro atoms. The van der Waals surface area contributed by atoms with Crippen molar-refractivity contribution in [3.05, 3.63) is 58.1 Å². The monoisotopic (exact) mass is 376 g/mol. The smallest absolute Gasteiger partial charge is 0.387 e. The summed E-state index contributed by atoms with van der Waals surface area (Å²) in [6.07, 6.45) is 0. The van der Waals surface area contributed by atoms with E-state index in [-0.39, 0.29) is 5.75 Å². The molecule has 23 heavy (non-hydrogen) atoms. The van der Waals surface area contributed by atoms with Crippen LogP contribution in [0, 0.1) is 0 Å². The van der Waals surface area contributed by atoms with Gasteiger partial charge < -0.3 is 15.4 Å². The molecule has 0 atom stereocenters. The minimum absolute atomic E-state index is 0.0809. The number of halogens is 4. The van der Waals surface area contributed by atoms with E-state index in [0.717, 1.165) is 5.56 Å². The molecule has 0 unspecified atom stereocenters. The molecule has 2 N–H and O–H groups in total. The van der Waals surface area contributed by atoms with Crippen molar-refractivity contribution in [2.24, 2.45) is 0 Å². The summed E-state index contributed by atoms with van der Waals surface area (Å²) >= 11 is 17.1. The van der Waals surface area contributed by atoms with E-state index in [1.54, 1.807) is 30.3 Å². The molecule has 0 saturated heterocycles. The van der Waals surface area contributed by atoms with Crippen LogP contribution >= 0.6 is 35.4 Å². The second kappa shape index (κ2) is 8.29. The zero-order valence-corrected chi connectivity index (χ0v) is 14.0. The fourth-order valence-electron chi connectivity index (χ4n) is 1.74. The number of hydrogen-bond acceptors (Lipinski definition) is 2. The Morgan fingerprint density at radius 2 is 1.83 bits per heavy atom. The molecule has 0 aromatic heterocycles. The zero-order valence-electron chi connectivity index (χ0n) is 11.7. The highest BCUT2D eigenvalue weighted by atomic mass is 35.5. The van der Waals surface area contributed by atoms with E-state index in [1.807, 2.05) is 0 Å². The summed E-state index contributed by atoms with van der Waals surface area (Å²) in [5.41, 5.74) is 1.49. The van der Waals surface area contributed by atoms with Crippen molar-refractivity contribution in [2.45, 2.75) is 13.2 Å². The van der Waals surface area contributed by atoms with Gasteiger partial charge in [-0.3, -0.25) is 0 Å². The highest BCUT2D eigenvalue weighted by molar-refractivity contribution is 7.80. The third-order valence-corrected chi connectivity index (χ3v) is 3.63. The van der Waals surface area contributed by atoms with Gasteiger partial charge in [-0.25, -0.2) is 0 Å². The van der Waals surface area contributed by atoms with Crippen LogP contribution in [-0.4, -0.2) is 11.7 Å². The van der Waals surface area contributed by atoms with Crippen LogP contribution in [-0.2, 0) is 6.54 Å². The molecule has 0 aliphatic heterocycles. The van der Waals surface area contributed by atoms with Crippen LogP contribution in [0.1, 0.15) is 5.56 Å². The largest absolute Gasteiger partial charge is 0.435 e. The lowest BCUT2D eigenvalue weighted by Crippen LogP contribution is -2.27. The van der Waals surface area contributed by atoms with Gasteiger partial charge in [-0.1, -0.05) is 29.3 Å². The van der Waals surface area contributed by atoms with E-state index >= 15 is 0 Å². The summed E-state index contributed by atoms with van der Waals surface area (Å²) < 4.78 is 28.4. The van der Waals surface area contributed by atoms with Crippen LogP contribution in [0.25, 0.3) is 0 Å². The van der Waals surface area contributed by atoms with Gasteiger partial charge in [0.2, 0.25) is 0 Å². The van der Waals surface area contributed by atoms with Gasteiger partial charge in [0.25, 0.3) is 0 Å². The lowest BCUT2D eigenvalue weighted by atomic mass is 10.2. The van der Waals surface area contributed by atoms with Crippen LogP contribution in [0.5, 0.6) is 5.75 Å². The number of anilines is 1. The topological polar surface area (TPSA) is 33.3 Å². The summed E-state index contributed by atoms with van der Waals surface area (Å²) in [4.78, 5) is 0. The quantitative estimate of drug-likeness (QED) is 0.712. The van der Waals surface area contributed by atoms with Crippen molar-refractivity contribution in [3.8, 4) is 5.75 Å². The Morgan fingerprint density at radius 1 is 1.13 bits per heavy atom. The number of benzene rings is 2. The van der Waals surface area contributed by atoms with Crippen LogP contribution in [0.4, 0.5) is 14.5 Å². The number of nitrogens with one attached hydrogen (secondary N) is 2. The van der Waals surface area contributed by atoms with Gasteiger partial charge in [-0.15, -0.1) is 0 Å². The first-order valence-electron chi connectivity index (χ1n) is 6.47. The van der Waals surface area contributed by atoms with Crippen molar-refractivity contribution in [1.82, 2.24) is 5.32 Å². The molecule has 2 rings (SSSR count). The maximum Gasteiger partial charge on any atom is 0.387 e. The maximum atomic E-state index is 12.1. The molecule has 0 saturated carbocycles. The first-order chi connectivity index (χ1) is 10.9. The van der Waals surface area contributed by atoms with E-state index in [2.05, 4.69) is 15.4 Å². The van der Waals surface area contributed by atoms with E-state index < -0.39 is 6.61 Å². The molecular weight excluding hydrogens is 365 g/mol. The molecule has 0 bridgehead atoms. The van der Waals surface area contributed by atoms with Crippen molar-refractivity contribution in [2.75, 3.05) is 5.32 Å². The van der Waals surface area contributed by atoms with Gasteiger partial charge in [0.15, 0.2) is 5.11 Å². The number of alkyl halides is 2. The molecule has 122 valence electrons. The summed E-state index contributed by atoms with van der Waals surface area (Å²) in [5.74, 6) is 0.0809. The normalized spacial score (nSPS) is 10.5.